The lowest BCUT2D eigenvalue weighted by atomic mass is 9.78. The van der Waals surface area contributed by atoms with Gasteiger partial charge in [-0.05, 0) is 25.7 Å². The van der Waals surface area contributed by atoms with E-state index < -0.39 is 10.8 Å². The smallest absolute Gasteiger partial charge is 0.352 e. The van der Waals surface area contributed by atoms with Crippen LogP contribution in [-0.4, -0.2) is 83.4 Å². The molecule has 0 aromatic rings. The minimum absolute atomic E-state index is 0.0114. The number of hydrogen-bond donors (Lipinski definition) is 0. The first-order valence-electron chi connectivity index (χ1n) is 10.3. The number of carbonyl (C=O) groups is 2. The predicted molar refractivity (Wildman–Crippen MR) is 99.7 cm³/mol. The Kier molecular flexibility index (Phi) is 5.27. The summed E-state index contributed by atoms with van der Waals surface area (Å²) in [7, 11) is 1.68. The van der Waals surface area contributed by atoms with Gasteiger partial charge in [-0.25, -0.2) is 0 Å². The summed E-state index contributed by atoms with van der Waals surface area (Å²) in [6, 6.07) is 0.0338. The molecule has 1 saturated carbocycles. The van der Waals surface area contributed by atoms with Gasteiger partial charge >= 0.3 is 11.6 Å². The van der Waals surface area contributed by atoms with Crippen LogP contribution in [0.1, 0.15) is 38.5 Å². The molecule has 9 nitrogen and oxygen atoms in total. The summed E-state index contributed by atoms with van der Waals surface area (Å²) in [4.78, 5) is 41.9. The minimum atomic E-state index is -0.511. The number of ether oxygens (including phenoxy) is 1. The van der Waals surface area contributed by atoms with Crippen LogP contribution in [0.2, 0.25) is 0 Å². The molecule has 0 radical (unpaired) electrons. The van der Waals surface area contributed by atoms with E-state index in [0.29, 0.717) is 38.5 Å². The van der Waals surface area contributed by atoms with E-state index in [9.17, 15) is 19.7 Å². The van der Waals surface area contributed by atoms with Crippen LogP contribution in [0.3, 0.4) is 0 Å². The minimum Gasteiger partial charge on any atom is -0.368 e. The molecular formula is C19H28N4O5. The van der Waals surface area contributed by atoms with E-state index >= 15 is 0 Å². The fourth-order valence-corrected chi connectivity index (χ4v) is 5.20. The summed E-state index contributed by atoms with van der Waals surface area (Å²) in [5, 5.41) is 11.8. The topological polar surface area (TPSA) is 96.2 Å². The van der Waals surface area contributed by atoms with E-state index in [-0.39, 0.29) is 29.7 Å². The van der Waals surface area contributed by atoms with E-state index in [1.165, 1.54) is 0 Å². The van der Waals surface area contributed by atoms with Gasteiger partial charge in [0, 0.05) is 51.8 Å². The summed E-state index contributed by atoms with van der Waals surface area (Å²) in [5.74, 6) is -0.450. The van der Waals surface area contributed by atoms with Gasteiger partial charge in [0.1, 0.15) is 11.8 Å². The van der Waals surface area contributed by atoms with E-state index in [1.807, 2.05) is 4.90 Å². The molecule has 0 spiro atoms. The number of likely N-dealkylation sites (N-methyl/N-ethyl adjacent to an activating group) is 1. The highest BCUT2D eigenvalue weighted by atomic mass is 16.6. The standard InChI is InChI=1S/C19H28N4O5/c1-20-14-6-3-2-5-13(14)16(17(19(20)25)23(26)27)21-8-10-22(11-9-21)18(24)15-7-4-12-28-15/h13-15H,2-12H2,1H3. The van der Waals surface area contributed by atoms with Crippen molar-refractivity contribution in [3.8, 4) is 0 Å². The SMILES string of the molecule is CN1C(=O)C([N+](=O)[O-])=C(N2CCN(C(=O)C3CCCO3)CC2)C2CCCCC21. The van der Waals surface area contributed by atoms with Gasteiger partial charge in [0.05, 0.1) is 4.92 Å². The van der Waals surface area contributed by atoms with Gasteiger partial charge < -0.3 is 19.4 Å². The molecule has 9 heteroatoms. The third-order valence-corrected chi connectivity index (χ3v) is 6.66. The molecule has 3 heterocycles. The van der Waals surface area contributed by atoms with Crippen LogP contribution in [0.15, 0.2) is 11.4 Å². The van der Waals surface area contributed by atoms with E-state index in [4.69, 9.17) is 4.74 Å². The zero-order valence-electron chi connectivity index (χ0n) is 16.3. The molecule has 154 valence electrons. The highest BCUT2D eigenvalue weighted by Crippen LogP contribution is 2.40. The Morgan fingerprint density at radius 2 is 1.82 bits per heavy atom. The Balaban J connectivity index is 1.55. The monoisotopic (exact) mass is 392 g/mol. The molecule has 3 atom stereocenters. The van der Waals surface area contributed by atoms with Crippen LogP contribution in [0.25, 0.3) is 0 Å². The maximum absolute atomic E-state index is 12.7. The van der Waals surface area contributed by atoms with E-state index in [1.54, 1.807) is 16.8 Å². The summed E-state index contributed by atoms with van der Waals surface area (Å²) in [5.41, 5.74) is 0.326. The highest BCUT2D eigenvalue weighted by molar-refractivity contribution is 5.93. The van der Waals surface area contributed by atoms with Crippen molar-refractivity contribution in [3.63, 3.8) is 0 Å². The molecular weight excluding hydrogens is 364 g/mol. The molecule has 4 rings (SSSR count). The molecule has 28 heavy (non-hydrogen) atoms. The normalized spacial score (nSPS) is 31.2. The molecule has 4 aliphatic rings. The number of amides is 2. The Morgan fingerprint density at radius 3 is 2.46 bits per heavy atom. The van der Waals surface area contributed by atoms with Crippen molar-refractivity contribution in [1.29, 1.82) is 0 Å². The molecule has 0 N–H and O–H groups in total. The Morgan fingerprint density at radius 1 is 1.11 bits per heavy atom. The number of nitrogens with zero attached hydrogens (tertiary/aromatic N) is 4. The number of piperazine rings is 1. The molecule has 3 fully saturated rings. The molecule has 0 bridgehead atoms. The molecule has 2 saturated heterocycles. The van der Waals surface area contributed by atoms with Gasteiger partial charge in [-0.3, -0.25) is 19.7 Å². The van der Waals surface area contributed by atoms with Gasteiger partial charge in [-0.1, -0.05) is 12.8 Å². The van der Waals surface area contributed by atoms with Crippen LogP contribution < -0.4 is 0 Å². The second-order valence-corrected chi connectivity index (χ2v) is 8.18. The summed E-state index contributed by atoms with van der Waals surface area (Å²) < 4.78 is 5.50. The summed E-state index contributed by atoms with van der Waals surface area (Å²) in [6.45, 7) is 2.69. The first kappa shape index (κ1) is 19.2. The van der Waals surface area contributed by atoms with Gasteiger partial charge in [0.2, 0.25) is 0 Å². The molecule has 3 unspecified atom stereocenters. The van der Waals surface area contributed by atoms with Crippen molar-refractivity contribution >= 4 is 11.8 Å². The lowest BCUT2D eigenvalue weighted by Gasteiger charge is -2.46. The Hall–Kier alpha value is -2.16. The van der Waals surface area contributed by atoms with E-state index in [0.717, 1.165) is 38.5 Å². The fourth-order valence-electron chi connectivity index (χ4n) is 5.20. The van der Waals surface area contributed by atoms with Crippen molar-refractivity contribution in [1.82, 2.24) is 14.7 Å². The first-order chi connectivity index (χ1) is 13.5. The third-order valence-electron chi connectivity index (χ3n) is 6.66. The first-order valence-corrected chi connectivity index (χ1v) is 10.3. The second-order valence-electron chi connectivity index (χ2n) is 8.18. The van der Waals surface area contributed by atoms with Gasteiger partial charge in [0.25, 0.3) is 5.91 Å². The maximum Gasteiger partial charge on any atom is 0.352 e. The number of rotatable bonds is 3. The Bertz CT molecular complexity index is 694. The lowest BCUT2D eigenvalue weighted by Crippen LogP contribution is -2.57. The number of hydrogen-bond acceptors (Lipinski definition) is 6. The van der Waals surface area contributed by atoms with E-state index in [2.05, 4.69) is 0 Å². The van der Waals surface area contributed by atoms with Crippen molar-refractivity contribution in [3.05, 3.63) is 21.5 Å². The van der Waals surface area contributed by atoms with Crippen LogP contribution in [0.4, 0.5) is 0 Å². The summed E-state index contributed by atoms with van der Waals surface area (Å²) >= 11 is 0. The molecule has 0 aromatic heterocycles. The zero-order chi connectivity index (χ0) is 19.8. The molecule has 2 amide bonds. The highest BCUT2D eigenvalue weighted by Gasteiger charge is 2.48. The van der Waals surface area contributed by atoms with Gasteiger partial charge in [-0.2, -0.15) is 0 Å². The van der Waals surface area contributed by atoms with Crippen molar-refractivity contribution < 1.29 is 19.2 Å². The summed E-state index contributed by atoms with van der Waals surface area (Å²) in [6.07, 6.45) is 5.16. The van der Waals surface area contributed by atoms with Gasteiger partial charge in [0.15, 0.2) is 0 Å². The van der Waals surface area contributed by atoms with Crippen LogP contribution in [0.5, 0.6) is 0 Å². The van der Waals surface area contributed by atoms with Crippen molar-refractivity contribution in [2.45, 2.75) is 50.7 Å². The van der Waals surface area contributed by atoms with Crippen molar-refractivity contribution in [2.75, 3.05) is 39.8 Å². The number of fused-ring (bicyclic) bond motifs is 1. The average Bonchev–Trinajstić information content (AvgIpc) is 3.25. The van der Waals surface area contributed by atoms with Crippen molar-refractivity contribution in [2.24, 2.45) is 5.92 Å². The van der Waals surface area contributed by atoms with Gasteiger partial charge in [-0.15, -0.1) is 0 Å². The fraction of sp³-hybridized carbons (Fsp3) is 0.789. The van der Waals surface area contributed by atoms with Crippen LogP contribution in [-0.2, 0) is 14.3 Å². The van der Waals surface area contributed by atoms with Crippen LogP contribution >= 0.6 is 0 Å². The number of carbonyl (C=O) groups excluding carboxylic acids is 2. The quantitative estimate of drug-likeness (QED) is 0.521. The predicted octanol–water partition coefficient (Wildman–Crippen LogP) is 0.829. The average molecular weight is 392 g/mol. The molecule has 3 aliphatic heterocycles. The third kappa shape index (κ3) is 3.25. The molecule has 1 aliphatic carbocycles. The largest absolute Gasteiger partial charge is 0.368 e. The van der Waals surface area contributed by atoms with Crippen LogP contribution in [0, 0.1) is 16.0 Å². The zero-order valence-corrected chi connectivity index (χ0v) is 16.3. The molecule has 0 aromatic carbocycles. The Labute approximate surface area is 164 Å². The second kappa shape index (κ2) is 7.69. The lowest BCUT2D eigenvalue weighted by molar-refractivity contribution is -0.424. The maximum atomic E-state index is 12.7. The number of nitro groups is 1.